The molecule has 0 N–H and O–H groups in total. The van der Waals surface area contributed by atoms with Gasteiger partial charge in [0.2, 0.25) is 0 Å². The standard InChI is InChI=1S/C8H8BrNO.C2H6/c1-6(2-3-10)8-4-7(9)5-11-8;1-2/h4-6H,2H2,1H3;1-2H3. The van der Waals surface area contributed by atoms with Crippen molar-refractivity contribution in [1.29, 1.82) is 5.26 Å². The highest BCUT2D eigenvalue weighted by Gasteiger charge is 2.08. The molecule has 0 amide bonds. The zero-order valence-corrected chi connectivity index (χ0v) is 9.76. The summed E-state index contributed by atoms with van der Waals surface area (Å²) < 4.78 is 6.11. The largest absolute Gasteiger partial charge is 0.468 e. The summed E-state index contributed by atoms with van der Waals surface area (Å²) in [6, 6.07) is 3.99. The summed E-state index contributed by atoms with van der Waals surface area (Å²) in [7, 11) is 0. The number of halogens is 1. The number of furan rings is 1. The lowest BCUT2D eigenvalue weighted by Crippen LogP contribution is -1.87. The quantitative estimate of drug-likeness (QED) is 0.785. The van der Waals surface area contributed by atoms with E-state index in [-0.39, 0.29) is 5.92 Å². The van der Waals surface area contributed by atoms with Crippen LogP contribution in [-0.4, -0.2) is 0 Å². The second-order valence-electron chi connectivity index (χ2n) is 2.43. The summed E-state index contributed by atoms with van der Waals surface area (Å²) >= 11 is 3.27. The van der Waals surface area contributed by atoms with Crippen LogP contribution >= 0.6 is 15.9 Å². The third kappa shape index (κ3) is 4.14. The Labute approximate surface area is 87.7 Å². The molecule has 1 heterocycles. The van der Waals surface area contributed by atoms with Gasteiger partial charge in [0.25, 0.3) is 0 Å². The van der Waals surface area contributed by atoms with E-state index in [4.69, 9.17) is 9.68 Å². The molecule has 0 fully saturated rings. The molecule has 2 nitrogen and oxygen atoms in total. The van der Waals surface area contributed by atoms with Crippen LogP contribution in [0.2, 0.25) is 0 Å². The van der Waals surface area contributed by atoms with Crippen molar-refractivity contribution in [3.8, 4) is 6.07 Å². The number of hydrogen-bond donors (Lipinski definition) is 0. The van der Waals surface area contributed by atoms with E-state index in [1.165, 1.54) is 0 Å². The molecule has 0 aliphatic rings. The first-order chi connectivity index (χ1) is 6.24. The monoisotopic (exact) mass is 243 g/mol. The van der Waals surface area contributed by atoms with Crippen molar-refractivity contribution in [3.05, 3.63) is 22.6 Å². The van der Waals surface area contributed by atoms with Gasteiger partial charge in [-0.2, -0.15) is 5.26 Å². The molecule has 1 rings (SSSR count). The summed E-state index contributed by atoms with van der Waals surface area (Å²) in [5.41, 5.74) is 0. The van der Waals surface area contributed by atoms with Gasteiger partial charge in [-0.15, -0.1) is 0 Å². The van der Waals surface area contributed by atoms with Crippen molar-refractivity contribution >= 4 is 15.9 Å². The highest BCUT2D eigenvalue weighted by Crippen LogP contribution is 2.23. The summed E-state index contributed by atoms with van der Waals surface area (Å²) in [5, 5.41) is 8.40. The summed E-state index contributed by atoms with van der Waals surface area (Å²) in [5.74, 6) is 1.05. The van der Waals surface area contributed by atoms with E-state index in [0.717, 1.165) is 10.2 Å². The predicted octanol–water partition coefficient (Wildman–Crippen LogP) is 4.09. The van der Waals surface area contributed by atoms with E-state index in [1.54, 1.807) is 6.26 Å². The van der Waals surface area contributed by atoms with Crippen LogP contribution in [0.5, 0.6) is 0 Å². The van der Waals surface area contributed by atoms with E-state index in [1.807, 2.05) is 26.8 Å². The molecule has 1 unspecified atom stereocenters. The van der Waals surface area contributed by atoms with Gasteiger partial charge < -0.3 is 4.42 Å². The lowest BCUT2D eigenvalue weighted by atomic mass is 10.1. The van der Waals surface area contributed by atoms with Gasteiger partial charge in [0, 0.05) is 12.3 Å². The van der Waals surface area contributed by atoms with E-state index in [9.17, 15) is 0 Å². The van der Waals surface area contributed by atoms with Crippen LogP contribution in [0.25, 0.3) is 0 Å². The molecule has 0 radical (unpaired) electrons. The second-order valence-corrected chi connectivity index (χ2v) is 3.35. The second kappa shape index (κ2) is 6.73. The van der Waals surface area contributed by atoms with Crippen LogP contribution in [-0.2, 0) is 0 Å². The maximum absolute atomic E-state index is 8.40. The normalized spacial score (nSPS) is 11.0. The molecule has 0 saturated heterocycles. The Kier molecular flexibility index (Phi) is 6.34. The molecule has 0 saturated carbocycles. The lowest BCUT2D eigenvalue weighted by Gasteiger charge is -1.99. The Hall–Kier alpha value is -0.750. The van der Waals surface area contributed by atoms with E-state index in [0.29, 0.717) is 6.42 Å². The molecule has 13 heavy (non-hydrogen) atoms. The number of hydrogen-bond acceptors (Lipinski definition) is 2. The summed E-state index contributed by atoms with van der Waals surface area (Å²) in [6.45, 7) is 5.97. The van der Waals surface area contributed by atoms with Gasteiger partial charge in [-0.05, 0) is 22.0 Å². The topological polar surface area (TPSA) is 36.9 Å². The fourth-order valence-corrected chi connectivity index (χ4v) is 1.14. The Bertz CT molecular complexity index is 275. The van der Waals surface area contributed by atoms with Crippen LogP contribution in [0.3, 0.4) is 0 Å². The lowest BCUT2D eigenvalue weighted by molar-refractivity contribution is 0.476. The molecule has 0 aromatic carbocycles. The first-order valence-corrected chi connectivity index (χ1v) is 5.14. The molecule has 1 aromatic heterocycles. The molecule has 0 bridgehead atoms. The molecule has 0 aliphatic heterocycles. The molecule has 1 aromatic rings. The van der Waals surface area contributed by atoms with Crippen LogP contribution < -0.4 is 0 Å². The Balaban J connectivity index is 0.000000671. The van der Waals surface area contributed by atoms with Gasteiger partial charge >= 0.3 is 0 Å². The van der Waals surface area contributed by atoms with Crippen LogP contribution in [0, 0.1) is 11.3 Å². The first-order valence-electron chi connectivity index (χ1n) is 4.35. The molecular weight excluding hydrogens is 230 g/mol. The molecule has 0 spiro atoms. The third-order valence-corrected chi connectivity index (χ3v) is 1.89. The van der Waals surface area contributed by atoms with Crippen molar-refractivity contribution in [3.63, 3.8) is 0 Å². The highest BCUT2D eigenvalue weighted by molar-refractivity contribution is 9.10. The fraction of sp³-hybridized carbons (Fsp3) is 0.500. The highest BCUT2D eigenvalue weighted by atomic mass is 79.9. The number of rotatable bonds is 2. The van der Waals surface area contributed by atoms with Gasteiger partial charge in [0.15, 0.2) is 0 Å². The van der Waals surface area contributed by atoms with Crippen molar-refractivity contribution in [1.82, 2.24) is 0 Å². The van der Waals surface area contributed by atoms with Gasteiger partial charge in [0.05, 0.1) is 10.5 Å². The Morgan fingerprint density at radius 2 is 2.23 bits per heavy atom. The smallest absolute Gasteiger partial charge is 0.108 e. The minimum Gasteiger partial charge on any atom is -0.468 e. The van der Waals surface area contributed by atoms with E-state index in [2.05, 4.69) is 22.0 Å². The minimum atomic E-state index is 0.186. The van der Waals surface area contributed by atoms with Crippen molar-refractivity contribution < 1.29 is 4.42 Å². The maximum Gasteiger partial charge on any atom is 0.108 e. The molecule has 72 valence electrons. The minimum absolute atomic E-state index is 0.186. The molecule has 3 heteroatoms. The first kappa shape index (κ1) is 12.2. The van der Waals surface area contributed by atoms with Crippen LogP contribution in [0.15, 0.2) is 21.2 Å². The van der Waals surface area contributed by atoms with E-state index < -0.39 is 0 Å². The Morgan fingerprint density at radius 3 is 2.62 bits per heavy atom. The number of nitrogens with zero attached hydrogens (tertiary/aromatic N) is 1. The SMILES string of the molecule is CC.CC(CC#N)c1cc(Br)co1. The number of nitriles is 1. The van der Waals surface area contributed by atoms with Gasteiger partial charge in [0.1, 0.15) is 12.0 Å². The van der Waals surface area contributed by atoms with Gasteiger partial charge in [-0.1, -0.05) is 20.8 Å². The summed E-state index contributed by atoms with van der Waals surface area (Å²) in [6.07, 6.45) is 2.13. The van der Waals surface area contributed by atoms with Crippen molar-refractivity contribution in [2.45, 2.75) is 33.1 Å². The van der Waals surface area contributed by atoms with Crippen LogP contribution in [0.1, 0.15) is 38.9 Å². The molecule has 1 atom stereocenters. The van der Waals surface area contributed by atoms with Gasteiger partial charge in [-0.25, -0.2) is 0 Å². The molecular formula is C10H14BrNO. The average molecular weight is 244 g/mol. The fourth-order valence-electron chi connectivity index (χ4n) is 0.824. The van der Waals surface area contributed by atoms with Crippen molar-refractivity contribution in [2.24, 2.45) is 0 Å². The summed E-state index contributed by atoms with van der Waals surface area (Å²) in [4.78, 5) is 0. The van der Waals surface area contributed by atoms with Gasteiger partial charge in [-0.3, -0.25) is 0 Å². The predicted molar refractivity (Wildman–Crippen MR) is 56.4 cm³/mol. The van der Waals surface area contributed by atoms with E-state index >= 15 is 0 Å². The molecule has 0 aliphatic carbocycles. The van der Waals surface area contributed by atoms with Crippen molar-refractivity contribution in [2.75, 3.05) is 0 Å². The average Bonchev–Trinajstić information content (AvgIpc) is 2.56. The third-order valence-electron chi connectivity index (χ3n) is 1.47. The zero-order valence-electron chi connectivity index (χ0n) is 8.17. The van der Waals surface area contributed by atoms with Crippen LogP contribution in [0.4, 0.5) is 0 Å². The Morgan fingerprint density at radius 1 is 1.62 bits per heavy atom. The maximum atomic E-state index is 8.40. The zero-order chi connectivity index (χ0) is 10.3.